The van der Waals surface area contributed by atoms with E-state index >= 15 is 0 Å². The van der Waals surface area contributed by atoms with Crippen molar-refractivity contribution in [3.63, 3.8) is 0 Å². The zero-order chi connectivity index (χ0) is 14.5. The molecule has 104 valence electrons. The molecule has 1 aromatic carbocycles. The van der Waals surface area contributed by atoms with Crippen LogP contribution in [0.1, 0.15) is 19.4 Å². The van der Waals surface area contributed by atoms with Crippen molar-refractivity contribution < 1.29 is 12.8 Å². The summed E-state index contributed by atoms with van der Waals surface area (Å²) in [6.45, 7) is 3.75. The molecule has 1 rings (SSSR count). The number of nitrogens with one attached hydrogen (secondary N) is 1. The van der Waals surface area contributed by atoms with Gasteiger partial charge >= 0.3 is 0 Å². The van der Waals surface area contributed by atoms with Crippen molar-refractivity contribution in [1.82, 2.24) is 4.72 Å². The predicted molar refractivity (Wildman–Crippen MR) is 73.9 cm³/mol. The number of rotatable bonds is 6. The lowest BCUT2D eigenvalue weighted by atomic mass is 10.2. The van der Waals surface area contributed by atoms with Crippen molar-refractivity contribution >= 4 is 21.8 Å². The fourth-order valence-corrected chi connectivity index (χ4v) is 3.47. The van der Waals surface area contributed by atoms with Gasteiger partial charge in [-0.2, -0.15) is 17.0 Å². The van der Waals surface area contributed by atoms with Crippen LogP contribution in [0.15, 0.2) is 23.1 Å². The molecule has 0 fully saturated rings. The average Bonchev–Trinajstić information content (AvgIpc) is 2.36. The van der Waals surface area contributed by atoms with E-state index in [4.69, 9.17) is 5.26 Å². The van der Waals surface area contributed by atoms with Crippen LogP contribution in [0.3, 0.4) is 0 Å². The van der Waals surface area contributed by atoms with E-state index in [1.807, 2.05) is 6.92 Å². The lowest BCUT2D eigenvalue weighted by Gasteiger charge is -2.13. The molecular formula is C12H15FN2O2S2. The fourth-order valence-electron chi connectivity index (χ4n) is 1.42. The Morgan fingerprint density at radius 1 is 1.53 bits per heavy atom. The highest BCUT2D eigenvalue weighted by Crippen LogP contribution is 2.15. The third kappa shape index (κ3) is 4.49. The van der Waals surface area contributed by atoms with Crippen molar-refractivity contribution in [1.29, 1.82) is 5.26 Å². The van der Waals surface area contributed by atoms with Crippen LogP contribution in [0.5, 0.6) is 0 Å². The molecule has 0 aliphatic rings. The smallest absolute Gasteiger partial charge is 0.208 e. The molecule has 0 aliphatic heterocycles. The van der Waals surface area contributed by atoms with E-state index < -0.39 is 15.8 Å². The molecule has 0 heterocycles. The number of thioether (sulfide) groups is 1. The summed E-state index contributed by atoms with van der Waals surface area (Å²) in [4.78, 5) is -0.0983. The second-order valence-corrected chi connectivity index (χ2v) is 6.97. The molecular weight excluding hydrogens is 287 g/mol. The van der Waals surface area contributed by atoms with Crippen molar-refractivity contribution in [2.24, 2.45) is 0 Å². The van der Waals surface area contributed by atoms with Crippen molar-refractivity contribution in [3.8, 4) is 6.07 Å². The van der Waals surface area contributed by atoms with Gasteiger partial charge in [-0.1, -0.05) is 6.92 Å². The Bertz CT molecular complexity index is 582. The summed E-state index contributed by atoms with van der Waals surface area (Å²) >= 11 is 1.62. The molecule has 0 saturated heterocycles. The summed E-state index contributed by atoms with van der Waals surface area (Å²) in [7, 11) is -3.72. The summed E-state index contributed by atoms with van der Waals surface area (Å²) in [6, 6.07) is 4.57. The van der Waals surface area contributed by atoms with E-state index in [2.05, 4.69) is 4.72 Å². The number of nitriles is 1. The molecule has 0 amide bonds. The van der Waals surface area contributed by atoms with Gasteiger partial charge in [0.15, 0.2) is 0 Å². The summed E-state index contributed by atoms with van der Waals surface area (Å²) in [5, 5.41) is 8.70. The SMILES string of the molecule is CCSCC(C)NS(=O)(=O)c1ccc(F)c(C#N)c1. The Morgan fingerprint density at radius 3 is 2.79 bits per heavy atom. The van der Waals surface area contributed by atoms with E-state index in [9.17, 15) is 12.8 Å². The molecule has 1 aromatic rings. The molecule has 19 heavy (non-hydrogen) atoms. The fraction of sp³-hybridized carbons (Fsp3) is 0.417. The first-order chi connectivity index (χ1) is 8.90. The molecule has 0 bridgehead atoms. The van der Waals surface area contributed by atoms with E-state index in [-0.39, 0.29) is 16.5 Å². The first-order valence-electron chi connectivity index (χ1n) is 5.70. The lowest BCUT2D eigenvalue weighted by Crippen LogP contribution is -2.34. The van der Waals surface area contributed by atoms with Gasteiger partial charge in [0.1, 0.15) is 11.9 Å². The standard InChI is InChI=1S/C12H15FN2O2S2/c1-3-18-8-9(2)15-19(16,17)11-4-5-12(13)10(6-11)7-14/h4-6,9,15H,3,8H2,1-2H3. The van der Waals surface area contributed by atoms with Crippen LogP contribution in [0.4, 0.5) is 4.39 Å². The first-order valence-corrected chi connectivity index (χ1v) is 8.34. The van der Waals surface area contributed by atoms with Gasteiger partial charge in [0.05, 0.1) is 10.5 Å². The molecule has 0 aliphatic carbocycles. The highest BCUT2D eigenvalue weighted by atomic mass is 32.2. The third-order valence-corrected chi connectivity index (χ3v) is 5.03. The van der Waals surface area contributed by atoms with E-state index in [1.54, 1.807) is 24.8 Å². The van der Waals surface area contributed by atoms with Crippen LogP contribution >= 0.6 is 11.8 Å². The van der Waals surface area contributed by atoms with Gasteiger partial charge in [0.2, 0.25) is 10.0 Å². The molecule has 1 atom stereocenters. The Labute approximate surface area is 117 Å². The Hall–Kier alpha value is -1.10. The summed E-state index contributed by atoms with van der Waals surface area (Å²) < 4.78 is 39.7. The Morgan fingerprint density at radius 2 is 2.21 bits per heavy atom. The van der Waals surface area contributed by atoms with Gasteiger partial charge < -0.3 is 0 Å². The lowest BCUT2D eigenvalue weighted by molar-refractivity contribution is 0.570. The second-order valence-electron chi connectivity index (χ2n) is 3.94. The van der Waals surface area contributed by atoms with Gasteiger partial charge in [-0.05, 0) is 30.9 Å². The van der Waals surface area contributed by atoms with Gasteiger partial charge in [0, 0.05) is 11.8 Å². The van der Waals surface area contributed by atoms with Crippen molar-refractivity contribution in [3.05, 3.63) is 29.6 Å². The maximum Gasteiger partial charge on any atom is 0.240 e. The van der Waals surface area contributed by atoms with E-state index in [0.717, 1.165) is 24.0 Å². The highest BCUT2D eigenvalue weighted by molar-refractivity contribution is 7.99. The Kier molecular flexibility index (Phi) is 5.79. The zero-order valence-electron chi connectivity index (χ0n) is 10.7. The zero-order valence-corrected chi connectivity index (χ0v) is 12.3. The number of halogens is 1. The number of nitrogens with zero attached hydrogens (tertiary/aromatic N) is 1. The quantitative estimate of drug-likeness (QED) is 0.874. The van der Waals surface area contributed by atoms with Gasteiger partial charge in [0.25, 0.3) is 0 Å². The normalized spacial score (nSPS) is 12.9. The Balaban J connectivity index is 2.92. The van der Waals surface area contributed by atoms with Crippen LogP contribution in [-0.2, 0) is 10.0 Å². The second kappa shape index (κ2) is 6.89. The number of benzene rings is 1. The van der Waals surface area contributed by atoms with E-state index in [1.165, 1.54) is 0 Å². The van der Waals surface area contributed by atoms with Gasteiger partial charge in [-0.3, -0.25) is 0 Å². The minimum absolute atomic E-state index is 0.0983. The number of hydrogen-bond donors (Lipinski definition) is 1. The molecule has 1 unspecified atom stereocenters. The molecule has 0 aromatic heterocycles. The summed E-state index contributed by atoms with van der Waals surface area (Å²) in [5.41, 5.74) is -0.279. The van der Waals surface area contributed by atoms with Crippen LogP contribution in [0.2, 0.25) is 0 Å². The molecule has 0 spiro atoms. The summed E-state index contributed by atoms with van der Waals surface area (Å²) in [6.07, 6.45) is 0. The summed E-state index contributed by atoms with van der Waals surface area (Å²) in [5.74, 6) is 0.833. The minimum atomic E-state index is -3.72. The van der Waals surface area contributed by atoms with E-state index in [0.29, 0.717) is 5.75 Å². The molecule has 7 heteroatoms. The number of hydrogen-bond acceptors (Lipinski definition) is 4. The highest BCUT2D eigenvalue weighted by Gasteiger charge is 2.18. The average molecular weight is 302 g/mol. The van der Waals surface area contributed by atoms with Crippen LogP contribution in [-0.4, -0.2) is 26.0 Å². The van der Waals surface area contributed by atoms with Crippen LogP contribution < -0.4 is 4.72 Å². The van der Waals surface area contributed by atoms with Crippen molar-refractivity contribution in [2.75, 3.05) is 11.5 Å². The largest absolute Gasteiger partial charge is 0.240 e. The number of sulfonamides is 1. The molecule has 0 saturated carbocycles. The monoisotopic (exact) mass is 302 g/mol. The molecule has 1 N–H and O–H groups in total. The molecule has 0 radical (unpaired) electrons. The maximum atomic E-state index is 13.1. The topological polar surface area (TPSA) is 70.0 Å². The predicted octanol–water partition coefficient (Wildman–Crippen LogP) is 2.12. The molecule has 4 nitrogen and oxygen atoms in total. The third-order valence-electron chi connectivity index (χ3n) is 2.30. The van der Waals surface area contributed by atoms with Gasteiger partial charge in [-0.15, -0.1) is 0 Å². The maximum absolute atomic E-state index is 13.1. The van der Waals surface area contributed by atoms with Crippen LogP contribution in [0.25, 0.3) is 0 Å². The first kappa shape index (κ1) is 16.0. The van der Waals surface area contributed by atoms with Crippen LogP contribution in [0, 0.1) is 17.1 Å². The van der Waals surface area contributed by atoms with Crippen molar-refractivity contribution in [2.45, 2.75) is 24.8 Å². The van der Waals surface area contributed by atoms with Gasteiger partial charge in [-0.25, -0.2) is 17.5 Å². The minimum Gasteiger partial charge on any atom is -0.208 e.